The normalized spacial score (nSPS) is 21.1. The molecule has 0 bridgehead atoms. The fraction of sp³-hybridized carbons (Fsp3) is 0.500. The van der Waals surface area contributed by atoms with E-state index in [1.165, 1.54) is 0 Å². The predicted octanol–water partition coefficient (Wildman–Crippen LogP) is 2.44. The van der Waals surface area contributed by atoms with E-state index in [4.69, 9.17) is 0 Å². The smallest absolute Gasteiger partial charge is 0.230 e. The van der Waals surface area contributed by atoms with Gasteiger partial charge in [0.1, 0.15) is 0 Å². The second kappa shape index (κ2) is 6.72. The van der Waals surface area contributed by atoms with Gasteiger partial charge in [-0.15, -0.1) is 0 Å². The number of aliphatic hydroxyl groups excluding tert-OH is 1. The van der Waals surface area contributed by atoms with Gasteiger partial charge in [-0.05, 0) is 43.9 Å². The summed E-state index contributed by atoms with van der Waals surface area (Å²) in [5.74, 6) is -0.553. The molecule has 1 aromatic carbocycles. The summed E-state index contributed by atoms with van der Waals surface area (Å²) in [4.78, 5) is 23.6. The first-order valence-electron chi connectivity index (χ1n) is 7.40. The molecule has 2 unspecified atom stereocenters. The SMILES string of the molecule is CCC(=O)Nc1ccc(C)c(NC(=O)C2CCCC2O)c1. The molecule has 0 spiro atoms. The molecule has 1 aliphatic rings. The van der Waals surface area contributed by atoms with Gasteiger partial charge in [-0.25, -0.2) is 0 Å². The van der Waals surface area contributed by atoms with E-state index in [-0.39, 0.29) is 17.7 Å². The van der Waals surface area contributed by atoms with Crippen LogP contribution < -0.4 is 10.6 Å². The van der Waals surface area contributed by atoms with Crippen molar-refractivity contribution in [1.82, 2.24) is 0 Å². The van der Waals surface area contributed by atoms with Crippen LogP contribution in [0.25, 0.3) is 0 Å². The molecule has 3 N–H and O–H groups in total. The lowest BCUT2D eigenvalue weighted by Crippen LogP contribution is -2.29. The molecule has 5 nitrogen and oxygen atoms in total. The van der Waals surface area contributed by atoms with Crippen LogP contribution in [0.3, 0.4) is 0 Å². The summed E-state index contributed by atoms with van der Waals surface area (Å²) < 4.78 is 0. The van der Waals surface area contributed by atoms with Crippen LogP contribution >= 0.6 is 0 Å². The van der Waals surface area contributed by atoms with Crippen molar-refractivity contribution in [2.75, 3.05) is 10.6 Å². The van der Waals surface area contributed by atoms with Crippen molar-refractivity contribution in [2.45, 2.75) is 45.6 Å². The highest BCUT2D eigenvalue weighted by Gasteiger charge is 2.31. The monoisotopic (exact) mass is 290 g/mol. The summed E-state index contributed by atoms with van der Waals surface area (Å²) in [5, 5.41) is 15.4. The van der Waals surface area contributed by atoms with Crippen LogP contribution in [-0.2, 0) is 9.59 Å². The maximum absolute atomic E-state index is 12.2. The van der Waals surface area contributed by atoms with Crippen LogP contribution in [0.2, 0.25) is 0 Å². The molecule has 0 aliphatic heterocycles. The van der Waals surface area contributed by atoms with Crippen LogP contribution in [-0.4, -0.2) is 23.0 Å². The van der Waals surface area contributed by atoms with Crippen molar-refractivity contribution < 1.29 is 14.7 Å². The highest BCUT2D eigenvalue weighted by molar-refractivity contribution is 5.96. The van der Waals surface area contributed by atoms with E-state index in [1.807, 2.05) is 19.1 Å². The van der Waals surface area contributed by atoms with Gasteiger partial charge in [-0.3, -0.25) is 9.59 Å². The number of nitrogens with one attached hydrogen (secondary N) is 2. The van der Waals surface area contributed by atoms with Gasteiger partial charge in [0.2, 0.25) is 11.8 Å². The van der Waals surface area contributed by atoms with Crippen LogP contribution in [0.1, 0.15) is 38.2 Å². The van der Waals surface area contributed by atoms with Gasteiger partial charge in [-0.2, -0.15) is 0 Å². The van der Waals surface area contributed by atoms with E-state index in [0.717, 1.165) is 18.4 Å². The van der Waals surface area contributed by atoms with Crippen molar-refractivity contribution >= 4 is 23.2 Å². The standard InChI is InChI=1S/C16H22N2O3/c1-3-15(20)17-11-8-7-10(2)13(9-11)18-16(21)12-5-4-6-14(12)19/h7-9,12,14,19H,3-6H2,1-2H3,(H,17,20)(H,18,21). The van der Waals surface area contributed by atoms with Gasteiger partial charge in [0, 0.05) is 17.8 Å². The Balaban J connectivity index is 2.09. The van der Waals surface area contributed by atoms with E-state index in [9.17, 15) is 14.7 Å². The maximum atomic E-state index is 12.2. The van der Waals surface area contributed by atoms with Gasteiger partial charge in [0.05, 0.1) is 12.0 Å². The van der Waals surface area contributed by atoms with Crippen LogP contribution in [0.5, 0.6) is 0 Å². The fourth-order valence-corrected chi connectivity index (χ4v) is 2.56. The van der Waals surface area contributed by atoms with Gasteiger partial charge in [-0.1, -0.05) is 13.0 Å². The molecule has 5 heteroatoms. The topological polar surface area (TPSA) is 78.4 Å². The average Bonchev–Trinajstić information content (AvgIpc) is 2.88. The van der Waals surface area contributed by atoms with Crippen molar-refractivity contribution in [2.24, 2.45) is 5.92 Å². The lowest BCUT2D eigenvalue weighted by atomic mass is 10.0. The van der Waals surface area contributed by atoms with Crippen molar-refractivity contribution in [1.29, 1.82) is 0 Å². The Morgan fingerprint density at radius 2 is 2.05 bits per heavy atom. The molecule has 2 amide bonds. The molecule has 0 radical (unpaired) electrons. The molecule has 0 saturated heterocycles. The zero-order valence-electron chi connectivity index (χ0n) is 12.5. The Morgan fingerprint density at radius 1 is 1.29 bits per heavy atom. The number of aryl methyl sites for hydroxylation is 1. The Morgan fingerprint density at radius 3 is 2.67 bits per heavy atom. The van der Waals surface area contributed by atoms with Crippen molar-refractivity contribution in [3.8, 4) is 0 Å². The zero-order chi connectivity index (χ0) is 15.4. The number of carbonyl (C=O) groups excluding carboxylic acids is 2. The third kappa shape index (κ3) is 3.82. The number of benzene rings is 1. The largest absolute Gasteiger partial charge is 0.392 e. The number of hydrogen-bond acceptors (Lipinski definition) is 3. The Labute approximate surface area is 124 Å². The minimum absolute atomic E-state index is 0.0673. The van der Waals surface area contributed by atoms with E-state index in [1.54, 1.807) is 13.0 Å². The molecule has 0 heterocycles. The minimum Gasteiger partial charge on any atom is -0.392 e. The van der Waals surface area contributed by atoms with E-state index >= 15 is 0 Å². The second-order valence-electron chi connectivity index (χ2n) is 5.53. The van der Waals surface area contributed by atoms with E-state index in [0.29, 0.717) is 24.2 Å². The molecule has 114 valence electrons. The molecule has 2 atom stereocenters. The third-order valence-corrected chi connectivity index (χ3v) is 3.92. The molecular formula is C16H22N2O3. The summed E-state index contributed by atoms with van der Waals surface area (Å²) >= 11 is 0. The number of carbonyl (C=O) groups is 2. The summed E-state index contributed by atoms with van der Waals surface area (Å²) in [5.41, 5.74) is 2.26. The first kappa shape index (κ1) is 15.5. The quantitative estimate of drug-likeness (QED) is 0.797. The molecular weight excluding hydrogens is 268 g/mol. The molecule has 1 saturated carbocycles. The molecule has 2 rings (SSSR count). The summed E-state index contributed by atoms with van der Waals surface area (Å²) in [6, 6.07) is 5.41. The van der Waals surface area contributed by atoms with Gasteiger partial charge in [0.25, 0.3) is 0 Å². The van der Waals surface area contributed by atoms with Gasteiger partial charge < -0.3 is 15.7 Å². The Hall–Kier alpha value is -1.88. The maximum Gasteiger partial charge on any atom is 0.230 e. The van der Waals surface area contributed by atoms with Gasteiger partial charge >= 0.3 is 0 Å². The van der Waals surface area contributed by atoms with Crippen LogP contribution in [0.15, 0.2) is 18.2 Å². The average molecular weight is 290 g/mol. The first-order valence-corrected chi connectivity index (χ1v) is 7.40. The molecule has 1 aromatic rings. The molecule has 0 aromatic heterocycles. The van der Waals surface area contributed by atoms with Crippen molar-refractivity contribution in [3.05, 3.63) is 23.8 Å². The number of rotatable bonds is 4. The number of anilines is 2. The zero-order valence-corrected chi connectivity index (χ0v) is 12.5. The fourth-order valence-electron chi connectivity index (χ4n) is 2.56. The summed E-state index contributed by atoms with van der Waals surface area (Å²) in [6.45, 7) is 3.68. The number of amides is 2. The highest BCUT2D eigenvalue weighted by Crippen LogP contribution is 2.28. The summed E-state index contributed by atoms with van der Waals surface area (Å²) in [6.07, 6.45) is 2.14. The second-order valence-corrected chi connectivity index (χ2v) is 5.53. The van der Waals surface area contributed by atoms with Crippen LogP contribution in [0.4, 0.5) is 11.4 Å². The third-order valence-electron chi connectivity index (χ3n) is 3.92. The number of aliphatic hydroxyl groups is 1. The molecule has 1 aliphatic carbocycles. The van der Waals surface area contributed by atoms with Gasteiger partial charge in [0.15, 0.2) is 0 Å². The minimum atomic E-state index is -0.548. The molecule has 1 fully saturated rings. The summed E-state index contributed by atoms with van der Waals surface area (Å²) in [7, 11) is 0. The van der Waals surface area contributed by atoms with E-state index in [2.05, 4.69) is 10.6 Å². The lowest BCUT2D eigenvalue weighted by Gasteiger charge is -2.16. The number of hydrogen-bond donors (Lipinski definition) is 3. The highest BCUT2D eigenvalue weighted by atomic mass is 16.3. The predicted molar refractivity (Wildman–Crippen MR) is 82.1 cm³/mol. The molecule has 21 heavy (non-hydrogen) atoms. The first-order chi connectivity index (χ1) is 10.0. The Kier molecular flexibility index (Phi) is 4.96. The lowest BCUT2D eigenvalue weighted by molar-refractivity contribution is -0.122. The Bertz CT molecular complexity index is 542. The van der Waals surface area contributed by atoms with Crippen molar-refractivity contribution in [3.63, 3.8) is 0 Å². The van der Waals surface area contributed by atoms with Crippen LogP contribution in [0, 0.1) is 12.8 Å². The van der Waals surface area contributed by atoms with E-state index < -0.39 is 6.10 Å².